The Morgan fingerprint density at radius 3 is 2.72 bits per heavy atom. The van der Waals surface area contributed by atoms with E-state index in [0.29, 0.717) is 28.1 Å². The van der Waals surface area contributed by atoms with E-state index in [-0.39, 0.29) is 17.9 Å². The lowest BCUT2D eigenvalue weighted by Crippen LogP contribution is -2.21. The van der Waals surface area contributed by atoms with Crippen molar-refractivity contribution in [2.24, 2.45) is 0 Å². The van der Waals surface area contributed by atoms with Gasteiger partial charge in [0.1, 0.15) is 23.4 Å². The molecule has 0 aliphatic rings. The molecule has 144 valence electrons. The number of rotatable bonds is 5. The molecule has 0 saturated heterocycles. The normalized spacial score (nSPS) is 10.7. The second-order valence-corrected chi connectivity index (χ2v) is 6.51. The molecular weight excluding hydrogens is 368 g/mol. The summed E-state index contributed by atoms with van der Waals surface area (Å²) in [6, 6.07) is 17.9. The lowest BCUT2D eigenvalue weighted by Gasteiger charge is -2.09. The first-order chi connectivity index (χ1) is 14.1. The van der Waals surface area contributed by atoms with Crippen molar-refractivity contribution in [2.45, 2.75) is 6.92 Å². The van der Waals surface area contributed by atoms with E-state index in [1.165, 1.54) is 6.26 Å². The van der Waals surface area contributed by atoms with Crippen LogP contribution in [0.25, 0.3) is 22.1 Å². The Bertz CT molecular complexity index is 1230. The molecule has 0 aliphatic carbocycles. The molecule has 1 amide bonds. The molecule has 6 nitrogen and oxygen atoms in total. The number of nitrogens with one attached hydrogen (secondary N) is 1. The molecule has 2 aromatic carbocycles. The Kier molecular flexibility index (Phi) is 5.07. The minimum absolute atomic E-state index is 0.118. The zero-order valence-corrected chi connectivity index (χ0v) is 15.7. The fraction of sp³-hybridized carbons (Fsp3) is 0.0870. The molecule has 1 N–H and O–H groups in total. The van der Waals surface area contributed by atoms with Gasteiger partial charge in [0, 0.05) is 12.3 Å². The molecule has 0 saturated carbocycles. The average molecular weight is 386 g/mol. The predicted octanol–water partition coefficient (Wildman–Crippen LogP) is 4.18. The molecular formula is C23H18N2O4. The molecule has 0 fully saturated rings. The van der Waals surface area contributed by atoms with Crippen molar-refractivity contribution in [3.05, 3.63) is 88.9 Å². The summed E-state index contributed by atoms with van der Waals surface area (Å²) >= 11 is 0. The van der Waals surface area contributed by atoms with Gasteiger partial charge in [-0.1, -0.05) is 36.4 Å². The molecule has 0 radical (unpaired) electrons. The lowest BCUT2D eigenvalue weighted by molar-refractivity contribution is -0.118. The second kappa shape index (κ2) is 7.98. The van der Waals surface area contributed by atoms with Gasteiger partial charge in [-0.3, -0.25) is 9.59 Å². The fourth-order valence-corrected chi connectivity index (χ4v) is 2.95. The van der Waals surface area contributed by atoms with Crippen LogP contribution in [0.1, 0.15) is 5.56 Å². The number of fused-ring (bicyclic) bond motifs is 1. The first kappa shape index (κ1) is 18.4. The van der Waals surface area contributed by atoms with E-state index >= 15 is 0 Å². The monoisotopic (exact) mass is 386 g/mol. The number of ether oxygens (including phenoxy) is 1. The van der Waals surface area contributed by atoms with E-state index in [0.717, 1.165) is 11.1 Å². The summed E-state index contributed by atoms with van der Waals surface area (Å²) < 4.78 is 11.2. The van der Waals surface area contributed by atoms with E-state index in [9.17, 15) is 9.59 Å². The van der Waals surface area contributed by atoms with Gasteiger partial charge in [0.25, 0.3) is 5.91 Å². The minimum Gasteiger partial charge on any atom is -0.484 e. The topological polar surface area (TPSA) is 81.4 Å². The first-order valence-corrected chi connectivity index (χ1v) is 9.07. The van der Waals surface area contributed by atoms with Gasteiger partial charge in [-0.25, -0.2) is 4.98 Å². The standard InChI is InChI=1S/C23H18N2O4/c1-15-6-5-11-24-23(15)25-21(26)14-28-17-9-10-18-20(12-17)29-13-19(22(18)27)16-7-3-2-4-8-16/h2-13H,14H2,1H3,(H,24,25,26). The lowest BCUT2D eigenvalue weighted by atomic mass is 10.1. The molecule has 4 rings (SSSR count). The van der Waals surface area contributed by atoms with Crippen LogP contribution in [0.15, 0.2) is 82.3 Å². The van der Waals surface area contributed by atoms with Crippen LogP contribution in [0.5, 0.6) is 5.75 Å². The Morgan fingerprint density at radius 1 is 1.10 bits per heavy atom. The maximum Gasteiger partial charge on any atom is 0.263 e. The summed E-state index contributed by atoms with van der Waals surface area (Å²) in [7, 11) is 0. The van der Waals surface area contributed by atoms with Gasteiger partial charge in [-0.2, -0.15) is 0 Å². The highest BCUT2D eigenvalue weighted by atomic mass is 16.5. The molecule has 2 heterocycles. The van der Waals surface area contributed by atoms with Crippen molar-refractivity contribution >= 4 is 22.7 Å². The molecule has 4 aromatic rings. The number of hydrogen-bond acceptors (Lipinski definition) is 5. The van der Waals surface area contributed by atoms with Crippen LogP contribution >= 0.6 is 0 Å². The third-order valence-corrected chi connectivity index (χ3v) is 4.47. The highest BCUT2D eigenvalue weighted by Gasteiger charge is 2.11. The van der Waals surface area contributed by atoms with Crippen LogP contribution in [0.4, 0.5) is 5.82 Å². The highest BCUT2D eigenvalue weighted by molar-refractivity contribution is 5.91. The molecule has 0 bridgehead atoms. The maximum atomic E-state index is 12.8. The number of benzene rings is 2. The van der Waals surface area contributed by atoms with Crippen LogP contribution in [-0.2, 0) is 4.79 Å². The molecule has 0 atom stereocenters. The third kappa shape index (κ3) is 4.01. The summed E-state index contributed by atoms with van der Waals surface area (Å²) in [5.41, 5.74) is 2.44. The van der Waals surface area contributed by atoms with Crippen molar-refractivity contribution in [1.82, 2.24) is 4.98 Å². The van der Waals surface area contributed by atoms with Crippen molar-refractivity contribution in [3.63, 3.8) is 0 Å². The summed E-state index contributed by atoms with van der Waals surface area (Å²) in [5.74, 6) is 0.604. The van der Waals surface area contributed by atoms with Gasteiger partial charge < -0.3 is 14.5 Å². The number of amides is 1. The van der Waals surface area contributed by atoms with E-state index in [2.05, 4.69) is 10.3 Å². The number of carbonyl (C=O) groups is 1. The van der Waals surface area contributed by atoms with Gasteiger partial charge in [-0.15, -0.1) is 0 Å². The zero-order chi connectivity index (χ0) is 20.2. The fourth-order valence-electron chi connectivity index (χ4n) is 2.95. The van der Waals surface area contributed by atoms with Gasteiger partial charge in [0.15, 0.2) is 12.0 Å². The van der Waals surface area contributed by atoms with Gasteiger partial charge in [0.05, 0.1) is 10.9 Å². The van der Waals surface area contributed by atoms with Crippen molar-refractivity contribution in [1.29, 1.82) is 0 Å². The first-order valence-electron chi connectivity index (χ1n) is 9.07. The van der Waals surface area contributed by atoms with E-state index < -0.39 is 0 Å². The van der Waals surface area contributed by atoms with E-state index in [1.54, 1.807) is 30.5 Å². The molecule has 0 aliphatic heterocycles. The number of aryl methyl sites for hydroxylation is 1. The van der Waals surface area contributed by atoms with Crippen molar-refractivity contribution in [3.8, 4) is 16.9 Å². The summed E-state index contributed by atoms with van der Waals surface area (Å²) in [4.78, 5) is 29.0. The Balaban J connectivity index is 1.50. The molecule has 29 heavy (non-hydrogen) atoms. The molecule has 2 aromatic heterocycles. The van der Waals surface area contributed by atoms with Gasteiger partial charge in [0.2, 0.25) is 0 Å². The smallest absolute Gasteiger partial charge is 0.263 e. The summed E-state index contributed by atoms with van der Waals surface area (Å²) in [5, 5.41) is 3.16. The molecule has 6 heteroatoms. The van der Waals surface area contributed by atoms with Crippen LogP contribution in [0, 0.1) is 6.92 Å². The number of nitrogens with zero attached hydrogens (tertiary/aromatic N) is 1. The third-order valence-electron chi connectivity index (χ3n) is 4.47. The van der Waals surface area contributed by atoms with Crippen LogP contribution in [-0.4, -0.2) is 17.5 Å². The predicted molar refractivity (Wildman–Crippen MR) is 111 cm³/mol. The molecule has 0 spiro atoms. The van der Waals surface area contributed by atoms with Crippen LogP contribution in [0.3, 0.4) is 0 Å². The van der Waals surface area contributed by atoms with Crippen molar-refractivity contribution < 1.29 is 13.9 Å². The number of hydrogen-bond donors (Lipinski definition) is 1. The SMILES string of the molecule is Cc1cccnc1NC(=O)COc1ccc2c(=O)c(-c3ccccc3)coc2c1. The second-order valence-electron chi connectivity index (χ2n) is 6.51. The summed E-state index contributed by atoms with van der Waals surface area (Å²) in [6.07, 6.45) is 3.05. The number of carbonyl (C=O) groups excluding carboxylic acids is 1. The number of anilines is 1. The van der Waals surface area contributed by atoms with E-state index in [4.69, 9.17) is 9.15 Å². The number of aromatic nitrogens is 1. The van der Waals surface area contributed by atoms with Gasteiger partial charge in [-0.05, 0) is 36.2 Å². The van der Waals surface area contributed by atoms with Crippen LogP contribution in [0.2, 0.25) is 0 Å². The Hall–Kier alpha value is -3.93. The van der Waals surface area contributed by atoms with Crippen molar-refractivity contribution in [2.75, 3.05) is 11.9 Å². The zero-order valence-electron chi connectivity index (χ0n) is 15.7. The van der Waals surface area contributed by atoms with E-state index in [1.807, 2.05) is 43.3 Å². The Labute approximate surface area is 166 Å². The molecule has 0 unspecified atom stereocenters. The maximum absolute atomic E-state index is 12.8. The largest absolute Gasteiger partial charge is 0.484 e. The Morgan fingerprint density at radius 2 is 1.93 bits per heavy atom. The summed E-state index contributed by atoms with van der Waals surface area (Å²) in [6.45, 7) is 1.67. The quantitative estimate of drug-likeness (QED) is 0.556. The van der Waals surface area contributed by atoms with Gasteiger partial charge >= 0.3 is 0 Å². The highest BCUT2D eigenvalue weighted by Crippen LogP contribution is 2.23. The minimum atomic E-state index is -0.326. The van der Waals surface area contributed by atoms with Crippen LogP contribution < -0.4 is 15.5 Å². The number of pyridine rings is 1. The average Bonchev–Trinajstić information content (AvgIpc) is 2.75.